The lowest BCUT2D eigenvalue weighted by atomic mass is 9.90. The van der Waals surface area contributed by atoms with Crippen molar-refractivity contribution >= 4 is 17.5 Å². The quantitative estimate of drug-likeness (QED) is 0.590. The fourth-order valence-corrected chi connectivity index (χ4v) is 3.42. The van der Waals surface area contributed by atoms with Gasteiger partial charge in [-0.1, -0.05) is 48.2 Å². The van der Waals surface area contributed by atoms with Gasteiger partial charge in [0.2, 0.25) is 0 Å². The van der Waals surface area contributed by atoms with E-state index in [1.807, 2.05) is 6.08 Å². The first-order chi connectivity index (χ1) is 9.76. The van der Waals surface area contributed by atoms with E-state index in [1.165, 1.54) is 60.7 Å². The fraction of sp³-hybridized carbons (Fsp3) is 0.444. The molecule has 1 aromatic rings. The lowest BCUT2D eigenvalue weighted by Crippen LogP contribution is -1.97. The van der Waals surface area contributed by atoms with Crippen molar-refractivity contribution in [1.82, 2.24) is 0 Å². The van der Waals surface area contributed by atoms with Crippen LogP contribution in [0.3, 0.4) is 0 Å². The van der Waals surface area contributed by atoms with Gasteiger partial charge in [-0.25, -0.2) is 0 Å². The Kier molecular flexibility index (Phi) is 5.93. The maximum Gasteiger partial charge on any atom is 0.0328 e. The number of hydrogen-bond acceptors (Lipinski definition) is 2. The summed E-state index contributed by atoms with van der Waals surface area (Å²) in [5.41, 5.74) is 7.31. The number of nitrogens with two attached hydrogens (primary N) is 1. The van der Waals surface area contributed by atoms with Gasteiger partial charge in [0.1, 0.15) is 0 Å². The smallest absolute Gasteiger partial charge is 0.0328 e. The molecule has 1 aliphatic carbocycles. The molecule has 0 aliphatic heterocycles. The van der Waals surface area contributed by atoms with Gasteiger partial charge in [0.15, 0.2) is 0 Å². The molecule has 0 aromatic heterocycles. The van der Waals surface area contributed by atoms with Gasteiger partial charge in [0, 0.05) is 5.75 Å². The van der Waals surface area contributed by atoms with Gasteiger partial charge < -0.3 is 0 Å². The molecule has 1 aliphatic rings. The van der Waals surface area contributed by atoms with Crippen LogP contribution in [-0.2, 0) is 12.2 Å². The second kappa shape index (κ2) is 7.70. The molecule has 0 saturated heterocycles. The SMILES string of the molecule is C=CCc1cc(CSN)ccc1C1=C(C)CCCCC1. The van der Waals surface area contributed by atoms with E-state index in [9.17, 15) is 0 Å². The van der Waals surface area contributed by atoms with Crippen molar-refractivity contribution in [3.05, 3.63) is 53.1 Å². The molecule has 0 saturated carbocycles. The molecule has 0 spiro atoms. The third kappa shape index (κ3) is 3.77. The summed E-state index contributed by atoms with van der Waals surface area (Å²) < 4.78 is 0. The molecule has 2 rings (SSSR count). The molecule has 0 heterocycles. The van der Waals surface area contributed by atoms with Gasteiger partial charge in [0.25, 0.3) is 0 Å². The molecule has 108 valence electrons. The highest BCUT2D eigenvalue weighted by molar-refractivity contribution is 7.96. The summed E-state index contributed by atoms with van der Waals surface area (Å²) in [5.74, 6) is 0.877. The Labute approximate surface area is 127 Å². The van der Waals surface area contributed by atoms with Crippen LogP contribution in [0.2, 0.25) is 0 Å². The largest absolute Gasteiger partial charge is 0.278 e. The Morgan fingerprint density at radius 3 is 2.80 bits per heavy atom. The van der Waals surface area contributed by atoms with Crippen LogP contribution in [0.4, 0.5) is 0 Å². The van der Waals surface area contributed by atoms with Crippen molar-refractivity contribution < 1.29 is 0 Å². The van der Waals surface area contributed by atoms with E-state index in [2.05, 4.69) is 31.7 Å². The van der Waals surface area contributed by atoms with Crippen LogP contribution in [0, 0.1) is 0 Å². The second-order valence-electron chi connectivity index (χ2n) is 5.61. The van der Waals surface area contributed by atoms with Gasteiger partial charge in [0.05, 0.1) is 0 Å². The van der Waals surface area contributed by atoms with Crippen LogP contribution in [-0.4, -0.2) is 0 Å². The van der Waals surface area contributed by atoms with Crippen molar-refractivity contribution in [1.29, 1.82) is 0 Å². The standard InChI is InChI=1S/C18H25NS/c1-3-7-16-12-15(13-20-19)10-11-18(16)17-9-6-4-5-8-14(17)2/h3,10-12H,1,4-9,13,19H2,2H3. The Hall–Kier alpha value is -0.990. The molecule has 0 fully saturated rings. The van der Waals surface area contributed by atoms with Crippen molar-refractivity contribution in [3.8, 4) is 0 Å². The van der Waals surface area contributed by atoms with Gasteiger partial charge in [-0.15, -0.1) is 6.58 Å². The van der Waals surface area contributed by atoms with Crippen LogP contribution >= 0.6 is 11.9 Å². The lowest BCUT2D eigenvalue weighted by Gasteiger charge is -2.15. The summed E-state index contributed by atoms with van der Waals surface area (Å²) in [4.78, 5) is 0. The Morgan fingerprint density at radius 2 is 2.05 bits per heavy atom. The molecule has 0 bridgehead atoms. The van der Waals surface area contributed by atoms with Crippen LogP contribution in [0.25, 0.3) is 5.57 Å². The number of benzene rings is 1. The molecule has 2 N–H and O–H groups in total. The summed E-state index contributed by atoms with van der Waals surface area (Å²) in [6.07, 6.45) is 9.44. The van der Waals surface area contributed by atoms with E-state index in [0.29, 0.717) is 0 Å². The maximum absolute atomic E-state index is 5.60. The van der Waals surface area contributed by atoms with Crippen molar-refractivity contribution in [2.45, 2.75) is 51.2 Å². The summed E-state index contributed by atoms with van der Waals surface area (Å²) in [6, 6.07) is 6.84. The lowest BCUT2D eigenvalue weighted by molar-refractivity contribution is 0.712. The summed E-state index contributed by atoms with van der Waals surface area (Å²) >= 11 is 1.39. The van der Waals surface area contributed by atoms with E-state index in [-0.39, 0.29) is 0 Å². The molecule has 20 heavy (non-hydrogen) atoms. The second-order valence-corrected chi connectivity index (χ2v) is 6.24. The van der Waals surface area contributed by atoms with Gasteiger partial charge in [-0.2, -0.15) is 0 Å². The Morgan fingerprint density at radius 1 is 1.25 bits per heavy atom. The van der Waals surface area contributed by atoms with Crippen LogP contribution in [0.15, 0.2) is 36.4 Å². The molecular formula is C18H25NS. The minimum atomic E-state index is 0.877. The minimum absolute atomic E-state index is 0.877. The third-order valence-electron chi connectivity index (χ3n) is 4.10. The number of rotatable bonds is 5. The Balaban J connectivity index is 2.40. The van der Waals surface area contributed by atoms with Crippen molar-refractivity contribution in [2.75, 3.05) is 0 Å². The van der Waals surface area contributed by atoms with E-state index >= 15 is 0 Å². The first-order valence-electron chi connectivity index (χ1n) is 7.49. The van der Waals surface area contributed by atoms with Gasteiger partial charge in [-0.3, -0.25) is 5.14 Å². The predicted octanol–water partition coefficient (Wildman–Crippen LogP) is 5.26. The summed E-state index contributed by atoms with van der Waals surface area (Å²) in [7, 11) is 0. The zero-order chi connectivity index (χ0) is 14.4. The number of allylic oxidation sites excluding steroid dienone is 3. The van der Waals surface area contributed by atoms with E-state index in [0.717, 1.165) is 12.2 Å². The van der Waals surface area contributed by atoms with E-state index in [1.54, 1.807) is 11.1 Å². The average molecular weight is 287 g/mol. The first-order valence-corrected chi connectivity index (χ1v) is 8.54. The highest BCUT2D eigenvalue weighted by Gasteiger charge is 2.13. The normalized spacial score (nSPS) is 16.1. The average Bonchev–Trinajstić information content (AvgIpc) is 2.65. The monoisotopic (exact) mass is 287 g/mol. The van der Waals surface area contributed by atoms with Crippen LogP contribution in [0.5, 0.6) is 0 Å². The zero-order valence-electron chi connectivity index (χ0n) is 12.5. The van der Waals surface area contributed by atoms with Gasteiger partial charge >= 0.3 is 0 Å². The molecule has 0 unspecified atom stereocenters. The molecule has 0 radical (unpaired) electrons. The maximum atomic E-state index is 5.60. The molecule has 0 atom stereocenters. The summed E-state index contributed by atoms with van der Waals surface area (Å²) in [6.45, 7) is 6.22. The Bertz CT molecular complexity index is 502. The molecule has 2 heteroatoms. The topological polar surface area (TPSA) is 26.0 Å². The van der Waals surface area contributed by atoms with Crippen LogP contribution in [0.1, 0.15) is 55.7 Å². The van der Waals surface area contributed by atoms with Crippen molar-refractivity contribution in [3.63, 3.8) is 0 Å². The fourth-order valence-electron chi connectivity index (χ4n) is 3.05. The molecule has 1 nitrogen and oxygen atoms in total. The molecule has 1 aromatic carbocycles. The molecule has 0 amide bonds. The van der Waals surface area contributed by atoms with Gasteiger partial charge in [-0.05, 0) is 61.3 Å². The van der Waals surface area contributed by atoms with E-state index in [4.69, 9.17) is 5.14 Å². The highest BCUT2D eigenvalue weighted by Crippen LogP contribution is 2.33. The van der Waals surface area contributed by atoms with Crippen LogP contribution < -0.4 is 5.14 Å². The van der Waals surface area contributed by atoms with Crippen molar-refractivity contribution in [2.24, 2.45) is 5.14 Å². The highest BCUT2D eigenvalue weighted by atomic mass is 32.2. The minimum Gasteiger partial charge on any atom is -0.278 e. The first kappa shape index (κ1) is 15.4. The van der Waals surface area contributed by atoms with E-state index < -0.39 is 0 Å². The molecular weight excluding hydrogens is 262 g/mol. The predicted molar refractivity (Wildman–Crippen MR) is 91.5 cm³/mol. The third-order valence-corrected chi connectivity index (χ3v) is 4.60. The number of hydrogen-bond donors (Lipinski definition) is 1. The zero-order valence-corrected chi connectivity index (χ0v) is 13.3. The summed E-state index contributed by atoms with van der Waals surface area (Å²) in [5, 5.41) is 5.60.